The average Bonchev–Trinajstić information content (AvgIpc) is 2.71. The topological polar surface area (TPSA) is 30.5 Å². The van der Waals surface area contributed by atoms with Crippen LogP contribution in [0.15, 0.2) is 40.9 Å². The summed E-state index contributed by atoms with van der Waals surface area (Å²) in [6.07, 6.45) is 0.912. The van der Waals surface area contributed by atoms with Crippen LogP contribution in [0.4, 0.5) is 5.69 Å². The molecule has 0 aromatic heterocycles. The van der Waals surface area contributed by atoms with Gasteiger partial charge in [-0.25, -0.2) is 0 Å². The van der Waals surface area contributed by atoms with Crippen LogP contribution >= 0.6 is 27.5 Å². The zero-order valence-corrected chi connectivity index (χ0v) is 13.7. The normalized spacial score (nSPS) is 13.6. The molecule has 0 saturated carbocycles. The molecule has 3 nitrogen and oxygen atoms in total. The first kappa shape index (κ1) is 14.5. The van der Waals surface area contributed by atoms with Gasteiger partial charge in [0.25, 0.3) is 0 Å². The molecule has 2 aromatic carbocycles. The van der Waals surface area contributed by atoms with E-state index in [9.17, 15) is 0 Å². The van der Waals surface area contributed by atoms with Crippen molar-refractivity contribution in [2.24, 2.45) is 0 Å². The van der Waals surface area contributed by atoms with Gasteiger partial charge in [-0.15, -0.1) is 0 Å². The molecule has 0 bridgehead atoms. The van der Waals surface area contributed by atoms with Gasteiger partial charge in [0.05, 0.1) is 13.2 Å². The van der Waals surface area contributed by atoms with Gasteiger partial charge in [0, 0.05) is 34.2 Å². The lowest BCUT2D eigenvalue weighted by molar-refractivity contribution is 0.297. The second kappa shape index (κ2) is 6.58. The molecule has 1 aliphatic heterocycles. The second-order valence-corrected chi connectivity index (χ2v) is 6.09. The van der Waals surface area contributed by atoms with E-state index >= 15 is 0 Å². The quantitative estimate of drug-likeness (QED) is 0.838. The van der Waals surface area contributed by atoms with Gasteiger partial charge in [0.2, 0.25) is 0 Å². The summed E-state index contributed by atoms with van der Waals surface area (Å²) in [5.74, 6) is 1.61. The highest BCUT2D eigenvalue weighted by Gasteiger charge is 2.10. The number of rotatable bonds is 3. The minimum Gasteiger partial charge on any atom is -0.490 e. The molecule has 2 aromatic rings. The van der Waals surface area contributed by atoms with Gasteiger partial charge < -0.3 is 14.8 Å². The first-order valence-electron chi connectivity index (χ1n) is 6.80. The third-order valence-electron chi connectivity index (χ3n) is 3.25. The van der Waals surface area contributed by atoms with E-state index in [1.165, 1.54) is 0 Å². The number of anilines is 1. The molecule has 0 aliphatic carbocycles. The van der Waals surface area contributed by atoms with Crippen molar-refractivity contribution < 1.29 is 9.47 Å². The molecule has 0 atom stereocenters. The SMILES string of the molecule is Clc1ccc(CNc2ccc3c(c2)OCCCO3)c(Br)c1. The van der Waals surface area contributed by atoms with Crippen LogP contribution in [0.2, 0.25) is 5.02 Å². The lowest BCUT2D eigenvalue weighted by Gasteiger charge is -2.12. The molecule has 0 spiro atoms. The largest absolute Gasteiger partial charge is 0.490 e. The van der Waals surface area contributed by atoms with Crippen LogP contribution in [-0.2, 0) is 6.54 Å². The van der Waals surface area contributed by atoms with Crippen molar-refractivity contribution in [3.63, 3.8) is 0 Å². The Bertz CT molecular complexity index is 648. The van der Waals surface area contributed by atoms with Crippen molar-refractivity contribution in [1.82, 2.24) is 0 Å². The Morgan fingerprint density at radius 2 is 1.86 bits per heavy atom. The molecule has 1 aliphatic rings. The van der Waals surface area contributed by atoms with E-state index < -0.39 is 0 Å². The predicted molar refractivity (Wildman–Crippen MR) is 88.5 cm³/mol. The number of ether oxygens (including phenoxy) is 2. The van der Waals surface area contributed by atoms with E-state index in [1.807, 2.05) is 36.4 Å². The van der Waals surface area contributed by atoms with Crippen molar-refractivity contribution in [2.75, 3.05) is 18.5 Å². The first-order chi connectivity index (χ1) is 10.2. The van der Waals surface area contributed by atoms with E-state index in [-0.39, 0.29) is 0 Å². The van der Waals surface area contributed by atoms with E-state index in [0.29, 0.717) is 19.8 Å². The molecule has 0 fully saturated rings. The second-order valence-electron chi connectivity index (χ2n) is 4.80. The minimum atomic E-state index is 0.694. The van der Waals surface area contributed by atoms with Crippen LogP contribution in [0, 0.1) is 0 Å². The monoisotopic (exact) mass is 367 g/mol. The third kappa shape index (κ3) is 3.63. The van der Waals surface area contributed by atoms with Crippen molar-refractivity contribution in [3.8, 4) is 11.5 Å². The highest BCUT2D eigenvalue weighted by Crippen LogP contribution is 2.32. The van der Waals surface area contributed by atoms with Crippen LogP contribution in [0.1, 0.15) is 12.0 Å². The molecule has 21 heavy (non-hydrogen) atoms. The van der Waals surface area contributed by atoms with Gasteiger partial charge in [-0.05, 0) is 29.8 Å². The summed E-state index contributed by atoms with van der Waals surface area (Å²) < 4.78 is 12.3. The average molecular weight is 369 g/mol. The zero-order chi connectivity index (χ0) is 14.7. The standard InChI is InChI=1S/C16H15BrClNO2/c17-14-8-12(18)3-2-11(14)10-19-13-4-5-15-16(9-13)21-7-1-6-20-15/h2-5,8-9,19H,1,6-7,10H2. The Morgan fingerprint density at radius 3 is 2.67 bits per heavy atom. The van der Waals surface area contributed by atoms with Gasteiger partial charge in [0.15, 0.2) is 11.5 Å². The van der Waals surface area contributed by atoms with E-state index in [0.717, 1.165) is 38.7 Å². The molecule has 3 rings (SSSR count). The molecule has 110 valence electrons. The molecule has 5 heteroatoms. The Labute approximate surface area is 137 Å². The van der Waals surface area contributed by atoms with Crippen molar-refractivity contribution in [2.45, 2.75) is 13.0 Å². The Balaban J connectivity index is 1.72. The summed E-state index contributed by atoms with van der Waals surface area (Å²) in [6.45, 7) is 2.11. The number of fused-ring (bicyclic) bond motifs is 1. The van der Waals surface area contributed by atoms with Crippen LogP contribution < -0.4 is 14.8 Å². The fraction of sp³-hybridized carbons (Fsp3) is 0.250. The fourth-order valence-electron chi connectivity index (χ4n) is 2.14. The lowest BCUT2D eigenvalue weighted by atomic mass is 10.2. The van der Waals surface area contributed by atoms with Gasteiger partial charge in [-0.1, -0.05) is 33.6 Å². The van der Waals surface area contributed by atoms with Crippen molar-refractivity contribution in [3.05, 3.63) is 51.5 Å². The molecule has 1 N–H and O–H groups in total. The number of hydrogen-bond acceptors (Lipinski definition) is 3. The van der Waals surface area contributed by atoms with Gasteiger partial charge >= 0.3 is 0 Å². The number of halogens is 2. The minimum absolute atomic E-state index is 0.694. The summed E-state index contributed by atoms with van der Waals surface area (Å²) in [4.78, 5) is 0. The van der Waals surface area contributed by atoms with E-state index in [1.54, 1.807) is 0 Å². The maximum absolute atomic E-state index is 5.95. The molecular weight excluding hydrogens is 354 g/mol. The van der Waals surface area contributed by atoms with E-state index in [2.05, 4.69) is 21.2 Å². The van der Waals surface area contributed by atoms with Crippen molar-refractivity contribution >= 4 is 33.2 Å². The first-order valence-corrected chi connectivity index (χ1v) is 7.97. The summed E-state index contributed by atoms with van der Waals surface area (Å²) >= 11 is 9.47. The van der Waals surface area contributed by atoms with Crippen LogP contribution in [0.25, 0.3) is 0 Å². The van der Waals surface area contributed by atoms with Crippen LogP contribution in [-0.4, -0.2) is 13.2 Å². The van der Waals surface area contributed by atoms with Crippen molar-refractivity contribution in [1.29, 1.82) is 0 Å². The van der Waals surface area contributed by atoms with Gasteiger partial charge in [-0.3, -0.25) is 0 Å². The van der Waals surface area contributed by atoms with E-state index in [4.69, 9.17) is 21.1 Å². The third-order valence-corrected chi connectivity index (χ3v) is 4.22. The van der Waals surface area contributed by atoms with Crippen LogP contribution in [0.5, 0.6) is 11.5 Å². The molecule has 0 unspecified atom stereocenters. The molecule has 1 heterocycles. The summed E-state index contributed by atoms with van der Waals surface area (Å²) in [7, 11) is 0. The van der Waals surface area contributed by atoms with Gasteiger partial charge in [-0.2, -0.15) is 0 Å². The maximum atomic E-state index is 5.95. The molecule has 0 amide bonds. The number of benzene rings is 2. The number of nitrogens with one attached hydrogen (secondary N) is 1. The Kier molecular flexibility index (Phi) is 4.56. The zero-order valence-electron chi connectivity index (χ0n) is 11.4. The lowest BCUT2D eigenvalue weighted by Crippen LogP contribution is -2.01. The summed E-state index contributed by atoms with van der Waals surface area (Å²) in [6, 6.07) is 11.7. The Hall–Kier alpha value is -1.39. The maximum Gasteiger partial charge on any atom is 0.163 e. The highest BCUT2D eigenvalue weighted by atomic mass is 79.9. The smallest absolute Gasteiger partial charge is 0.163 e. The summed E-state index contributed by atoms with van der Waals surface area (Å²) in [5, 5.41) is 4.11. The molecule has 0 radical (unpaired) electrons. The summed E-state index contributed by atoms with van der Waals surface area (Å²) in [5.41, 5.74) is 2.15. The molecular formula is C16H15BrClNO2. The fourth-order valence-corrected chi connectivity index (χ4v) is 2.96. The highest BCUT2D eigenvalue weighted by molar-refractivity contribution is 9.10. The number of hydrogen-bond donors (Lipinski definition) is 1. The molecule has 0 saturated heterocycles. The Morgan fingerprint density at radius 1 is 1.05 bits per heavy atom. The predicted octanol–water partition coefficient (Wildman–Crippen LogP) is 4.88. The van der Waals surface area contributed by atoms with Gasteiger partial charge in [0.1, 0.15) is 0 Å². The van der Waals surface area contributed by atoms with Crippen LogP contribution in [0.3, 0.4) is 0 Å².